The van der Waals surface area contributed by atoms with Crippen molar-refractivity contribution in [2.75, 3.05) is 0 Å². The number of carbonyl (C=O) groups is 4. The van der Waals surface area contributed by atoms with Crippen LogP contribution in [0.2, 0.25) is 0 Å². The summed E-state index contributed by atoms with van der Waals surface area (Å²) >= 11 is 0. The Balaban J connectivity index is 1.84. The van der Waals surface area contributed by atoms with Crippen LogP contribution in [0.5, 0.6) is 0 Å². The number of hydrogen-bond donors (Lipinski definition) is 1. The summed E-state index contributed by atoms with van der Waals surface area (Å²) < 4.78 is 0. The summed E-state index contributed by atoms with van der Waals surface area (Å²) in [6.45, 7) is 1.57. The maximum Gasteiger partial charge on any atom is 0.382 e. The average molecular weight is 325 g/mol. The lowest BCUT2D eigenvalue weighted by atomic mass is 10.1. The molecule has 2 heterocycles. The summed E-state index contributed by atoms with van der Waals surface area (Å²) in [7, 11) is 0. The van der Waals surface area contributed by atoms with Gasteiger partial charge in [0.1, 0.15) is 0 Å². The topological polar surface area (TPSA) is 120 Å². The number of amides is 3. The maximum atomic E-state index is 12.1. The van der Waals surface area contributed by atoms with Crippen LogP contribution in [-0.4, -0.2) is 33.7 Å². The predicted molar refractivity (Wildman–Crippen MR) is 79.8 cm³/mol. The lowest BCUT2D eigenvalue weighted by Crippen LogP contribution is -2.33. The summed E-state index contributed by atoms with van der Waals surface area (Å²) in [5.41, 5.74) is 5.90. The van der Waals surface area contributed by atoms with Crippen LogP contribution in [-0.2, 0) is 4.84 Å². The quantitative estimate of drug-likeness (QED) is 0.836. The summed E-state index contributed by atoms with van der Waals surface area (Å²) in [5, 5.41) is 0.395. The summed E-state index contributed by atoms with van der Waals surface area (Å²) in [5.74, 6) is -3.13. The molecule has 0 radical (unpaired) electrons. The van der Waals surface area contributed by atoms with Crippen molar-refractivity contribution in [3.8, 4) is 0 Å². The van der Waals surface area contributed by atoms with E-state index in [4.69, 9.17) is 10.6 Å². The Morgan fingerprint density at radius 2 is 1.71 bits per heavy atom. The van der Waals surface area contributed by atoms with Gasteiger partial charge in [0, 0.05) is 6.20 Å². The highest BCUT2D eigenvalue weighted by atomic mass is 16.7. The van der Waals surface area contributed by atoms with E-state index in [1.807, 2.05) is 0 Å². The molecular formula is C16H11N3O5. The number of imide groups is 1. The number of carbonyl (C=O) groups excluding carboxylic acids is 4. The minimum absolute atomic E-state index is 0.156. The van der Waals surface area contributed by atoms with Crippen molar-refractivity contribution >= 4 is 23.7 Å². The van der Waals surface area contributed by atoms with Crippen LogP contribution in [0.25, 0.3) is 0 Å². The number of fused-ring (bicyclic) bond motifs is 1. The number of benzene rings is 1. The fourth-order valence-electron chi connectivity index (χ4n) is 2.31. The Labute approximate surface area is 135 Å². The zero-order valence-electron chi connectivity index (χ0n) is 12.5. The molecule has 0 unspecified atom stereocenters. The smallest absolute Gasteiger partial charge is 0.366 e. The van der Waals surface area contributed by atoms with Crippen molar-refractivity contribution in [3.63, 3.8) is 0 Å². The van der Waals surface area contributed by atoms with Gasteiger partial charge in [-0.1, -0.05) is 17.2 Å². The normalized spacial score (nSPS) is 13.0. The van der Waals surface area contributed by atoms with E-state index >= 15 is 0 Å². The Kier molecular flexibility index (Phi) is 3.57. The van der Waals surface area contributed by atoms with E-state index in [2.05, 4.69) is 4.98 Å². The van der Waals surface area contributed by atoms with Crippen LogP contribution in [0.3, 0.4) is 0 Å². The van der Waals surface area contributed by atoms with Crippen LogP contribution >= 0.6 is 0 Å². The van der Waals surface area contributed by atoms with E-state index in [-0.39, 0.29) is 22.4 Å². The Morgan fingerprint density at radius 3 is 2.21 bits per heavy atom. The van der Waals surface area contributed by atoms with Crippen LogP contribution < -0.4 is 5.73 Å². The number of rotatable bonds is 3. The van der Waals surface area contributed by atoms with Crippen LogP contribution in [0.1, 0.15) is 47.1 Å². The fourth-order valence-corrected chi connectivity index (χ4v) is 2.31. The number of nitrogens with two attached hydrogens (primary N) is 1. The number of primary amides is 1. The van der Waals surface area contributed by atoms with Gasteiger partial charge in [0.2, 0.25) is 0 Å². The Hall–Kier alpha value is -3.55. The largest absolute Gasteiger partial charge is 0.382 e. The summed E-state index contributed by atoms with van der Waals surface area (Å²) in [4.78, 5) is 56.2. The van der Waals surface area contributed by atoms with Crippen LogP contribution in [0.15, 0.2) is 36.5 Å². The lowest BCUT2D eigenvalue weighted by Gasteiger charge is -2.12. The van der Waals surface area contributed by atoms with Gasteiger partial charge in [0.05, 0.1) is 16.7 Å². The highest BCUT2D eigenvalue weighted by Gasteiger charge is 2.39. The van der Waals surface area contributed by atoms with Crippen molar-refractivity contribution in [1.82, 2.24) is 10.0 Å². The molecule has 120 valence electrons. The third kappa shape index (κ3) is 2.39. The first-order valence-corrected chi connectivity index (χ1v) is 6.86. The molecule has 2 aromatic rings. The van der Waals surface area contributed by atoms with E-state index in [1.54, 1.807) is 19.1 Å². The second-order valence-electron chi connectivity index (χ2n) is 5.08. The first-order valence-electron chi connectivity index (χ1n) is 6.86. The first kappa shape index (κ1) is 15.3. The van der Waals surface area contributed by atoms with E-state index in [0.29, 0.717) is 10.6 Å². The van der Waals surface area contributed by atoms with Gasteiger partial charge in [0.15, 0.2) is 5.69 Å². The highest BCUT2D eigenvalue weighted by molar-refractivity contribution is 6.21. The van der Waals surface area contributed by atoms with E-state index in [9.17, 15) is 19.2 Å². The monoisotopic (exact) mass is 325 g/mol. The number of hydrogen-bond acceptors (Lipinski definition) is 6. The molecule has 1 aromatic heterocycles. The Bertz CT molecular complexity index is 871. The SMILES string of the molecule is Cc1cc(C(=O)ON2C(=O)c3ccccc3C2=O)ncc1C(N)=O. The number of aromatic nitrogens is 1. The molecule has 3 rings (SSSR count). The van der Waals surface area contributed by atoms with Gasteiger partial charge in [0.25, 0.3) is 17.7 Å². The molecule has 3 amide bonds. The van der Waals surface area contributed by atoms with E-state index < -0.39 is 23.7 Å². The maximum absolute atomic E-state index is 12.1. The van der Waals surface area contributed by atoms with Gasteiger partial charge in [-0.25, -0.2) is 9.78 Å². The molecule has 24 heavy (non-hydrogen) atoms. The fraction of sp³-hybridized carbons (Fsp3) is 0.0625. The second kappa shape index (κ2) is 5.58. The van der Waals surface area contributed by atoms with Crippen molar-refractivity contribution in [3.05, 3.63) is 64.5 Å². The van der Waals surface area contributed by atoms with Crippen LogP contribution in [0, 0.1) is 6.92 Å². The van der Waals surface area contributed by atoms with Crippen molar-refractivity contribution in [2.45, 2.75) is 6.92 Å². The number of pyridine rings is 1. The molecule has 0 saturated carbocycles. The first-order chi connectivity index (χ1) is 11.4. The molecule has 8 nitrogen and oxygen atoms in total. The molecule has 1 aliphatic heterocycles. The van der Waals surface area contributed by atoms with Gasteiger partial charge in [-0.05, 0) is 30.7 Å². The van der Waals surface area contributed by atoms with Crippen molar-refractivity contribution in [2.24, 2.45) is 5.73 Å². The zero-order valence-corrected chi connectivity index (χ0v) is 12.5. The minimum atomic E-state index is -0.997. The second-order valence-corrected chi connectivity index (χ2v) is 5.08. The molecule has 1 aromatic carbocycles. The molecular weight excluding hydrogens is 314 g/mol. The molecule has 0 aliphatic carbocycles. The average Bonchev–Trinajstić information content (AvgIpc) is 2.80. The number of aryl methyl sites for hydroxylation is 1. The predicted octanol–water partition coefficient (Wildman–Crippen LogP) is 0.857. The van der Waals surface area contributed by atoms with E-state index in [0.717, 1.165) is 6.20 Å². The Morgan fingerprint density at radius 1 is 1.12 bits per heavy atom. The molecule has 8 heteroatoms. The molecule has 2 N–H and O–H groups in total. The molecule has 0 atom stereocenters. The van der Waals surface area contributed by atoms with Gasteiger partial charge in [-0.15, -0.1) is 0 Å². The number of nitrogens with zero attached hydrogens (tertiary/aromatic N) is 2. The molecule has 0 saturated heterocycles. The third-order valence-electron chi connectivity index (χ3n) is 3.52. The zero-order chi connectivity index (χ0) is 17.4. The molecule has 0 fully saturated rings. The van der Waals surface area contributed by atoms with Gasteiger partial charge in [-0.3, -0.25) is 14.4 Å². The summed E-state index contributed by atoms with van der Waals surface area (Å²) in [6.07, 6.45) is 1.14. The molecule has 1 aliphatic rings. The van der Waals surface area contributed by atoms with Gasteiger partial charge < -0.3 is 10.6 Å². The highest BCUT2D eigenvalue weighted by Crippen LogP contribution is 2.23. The van der Waals surface area contributed by atoms with Crippen molar-refractivity contribution in [1.29, 1.82) is 0 Å². The molecule has 0 bridgehead atoms. The van der Waals surface area contributed by atoms with Crippen LogP contribution in [0.4, 0.5) is 0 Å². The van der Waals surface area contributed by atoms with Gasteiger partial charge >= 0.3 is 5.97 Å². The van der Waals surface area contributed by atoms with E-state index in [1.165, 1.54) is 18.2 Å². The third-order valence-corrected chi connectivity index (χ3v) is 3.52. The molecule has 0 spiro atoms. The van der Waals surface area contributed by atoms with Crippen molar-refractivity contribution < 1.29 is 24.0 Å². The number of hydroxylamine groups is 2. The summed E-state index contributed by atoms with van der Waals surface area (Å²) in [6, 6.07) is 7.42. The minimum Gasteiger partial charge on any atom is -0.366 e. The van der Waals surface area contributed by atoms with Gasteiger partial charge in [-0.2, -0.15) is 0 Å². The lowest BCUT2D eigenvalue weighted by molar-refractivity contribution is -0.0588. The standard InChI is InChI=1S/C16H11N3O5/c1-8-6-12(18-7-11(8)13(17)20)16(23)24-19-14(21)9-4-2-3-5-10(9)15(19)22/h2-7H,1H3,(H2,17,20).